The molecule has 138 valence electrons. The first-order chi connectivity index (χ1) is 13.0. The Morgan fingerprint density at radius 1 is 1.33 bits per heavy atom. The SMILES string of the molecule is CCOC(=O)[C@]1(C#N)C(N)=C(C#N)C2=C(CCC[C@@H]2C)[C@@H]1c1ccccc1. The van der Waals surface area contributed by atoms with Crippen molar-refractivity contribution in [3.8, 4) is 12.1 Å². The summed E-state index contributed by atoms with van der Waals surface area (Å²) in [5.41, 5.74) is 7.70. The van der Waals surface area contributed by atoms with Crippen molar-refractivity contribution in [1.82, 2.24) is 0 Å². The van der Waals surface area contributed by atoms with E-state index in [2.05, 4.69) is 19.1 Å². The number of nitrogens with zero attached hydrogens (tertiary/aromatic N) is 2. The van der Waals surface area contributed by atoms with Crippen LogP contribution in [0, 0.1) is 34.0 Å². The summed E-state index contributed by atoms with van der Waals surface area (Å²) < 4.78 is 5.29. The number of rotatable bonds is 3. The zero-order valence-electron chi connectivity index (χ0n) is 15.7. The lowest BCUT2D eigenvalue weighted by atomic mass is 9.58. The van der Waals surface area contributed by atoms with E-state index in [1.807, 2.05) is 30.3 Å². The third-order valence-electron chi connectivity index (χ3n) is 5.69. The fourth-order valence-corrected chi connectivity index (χ4v) is 4.52. The summed E-state index contributed by atoms with van der Waals surface area (Å²) in [4.78, 5) is 13.1. The first kappa shape index (κ1) is 18.7. The highest BCUT2D eigenvalue weighted by atomic mass is 16.5. The molecule has 0 aromatic heterocycles. The van der Waals surface area contributed by atoms with Gasteiger partial charge in [0.25, 0.3) is 0 Å². The largest absolute Gasteiger partial charge is 0.464 e. The van der Waals surface area contributed by atoms with Gasteiger partial charge in [-0.2, -0.15) is 10.5 Å². The Bertz CT molecular complexity index is 902. The number of nitrogens with two attached hydrogens (primary N) is 1. The minimum Gasteiger partial charge on any atom is -0.464 e. The van der Waals surface area contributed by atoms with Crippen LogP contribution in [0.25, 0.3) is 0 Å². The van der Waals surface area contributed by atoms with Crippen molar-refractivity contribution in [2.45, 2.75) is 39.0 Å². The van der Waals surface area contributed by atoms with Gasteiger partial charge in [0.15, 0.2) is 0 Å². The van der Waals surface area contributed by atoms with Crippen molar-refractivity contribution >= 4 is 5.97 Å². The number of hydrogen-bond donors (Lipinski definition) is 1. The van der Waals surface area contributed by atoms with E-state index in [-0.39, 0.29) is 23.8 Å². The van der Waals surface area contributed by atoms with Crippen molar-refractivity contribution < 1.29 is 9.53 Å². The fraction of sp³-hybridized carbons (Fsp3) is 0.409. The molecule has 5 heteroatoms. The van der Waals surface area contributed by atoms with Gasteiger partial charge in [0.2, 0.25) is 5.41 Å². The van der Waals surface area contributed by atoms with Crippen LogP contribution in [-0.2, 0) is 9.53 Å². The quantitative estimate of drug-likeness (QED) is 0.827. The van der Waals surface area contributed by atoms with Crippen LogP contribution in [0.15, 0.2) is 52.7 Å². The number of esters is 1. The van der Waals surface area contributed by atoms with E-state index < -0.39 is 17.3 Å². The minimum absolute atomic E-state index is 0.0207. The second-order valence-corrected chi connectivity index (χ2v) is 7.12. The van der Waals surface area contributed by atoms with Gasteiger partial charge < -0.3 is 10.5 Å². The van der Waals surface area contributed by atoms with Crippen molar-refractivity contribution in [3.05, 3.63) is 58.3 Å². The van der Waals surface area contributed by atoms with E-state index >= 15 is 0 Å². The molecule has 0 fully saturated rings. The van der Waals surface area contributed by atoms with Crippen LogP contribution in [0.4, 0.5) is 0 Å². The second-order valence-electron chi connectivity index (χ2n) is 7.12. The summed E-state index contributed by atoms with van der Waals surface area (Å²) in [6.07, 6.45) is 2.64. The Balaban J connectivity index is 2.38. The Hall–Kier alpha value is -3.05. The highest BCUT2D eigenvalue weighted by Gasteiger charge is 2.57. The van der Waals surface area contributed by atoms with Crippen LogP contribution >= 0.6 is 0 Å². The average Bonchev–Trinajstić information content (AvgIpc) is 2.68. The number of carbonyl (C=O) groups excluding carboxylic acids is 1. The molecule has 0 saturated heterocycles. The number of allylic oxidation sites excluding steroid dienone is 3. The maximum Gasteiger partial charge on any atom is 0.333 e. The standard InChI is InChI=1S/C22H23N3O2/c1-3-27-21(26)22(13-24)19(15-9-5-4-6-10-15)16-11-7-8-14(2)18(16)17(12-23)20(22)25/h4-6,9-10,14,19H,3,7-8,11,25H2,1-2H3/t14-,19-,22-/m0/s1. The Kier molecular flexibility index (Phi) is 5.06. The predicted molar refractivity (Wildman–Crippen MR) is 101 cm³/mol. The van der Waals surface area contributed by atoms with E-state index in [0.717, 1.165) is 36.0 Å². The van der Waals surface area contributed by atoms with Gasteiger partial charge >= 0.3 is 5.97 Å². The second kappa shape index (κ2) is 7.29. The van der Waals surface area contributed by atoms with Gasteiger partial charge in [-0.1, -0.05) is 42.8 Å². The van der Waals surface area contributed by atoms with Gasteiger partial charge in [-0.05, 0) is 43.2 Å². The first-order valence-corrected chi connectivity index (χ1v) is 9.29. The number of ether oxygens (including phenoxy) is 1. The molecule has 0 bridgehead atoms. The third kappa shape index (κ3) is 2.71. The van der Waals surface area contributed by atoms with Crippen LogP contribution in [0.1, 0.15) is 44.6 Å². The summed E-state index contributed by atoms with van der Waals surface area (Å²) in [5, 5.41) is 20.0. The van der Waals surface area contributed by atoms with Crippen molar-refractivity contribution in [3.63, 3.8) is 0 Å². The first-order valence-electron chi connectivity index (χ1n) is 9.29. The zero-order chi connectivity index (χ0) is 19.6. The number of carbonyl (C=O) groups is 1. The van der Waals surface area contributed by atoms with Gasteiger partial charge in [-0.3, -0.25) is 0 Å². The molecule has 0 unspecified atom stereocenters. The summed E-state index contributed by atoms with van der Waals surface area (Å²) in [7, 11) is 0. The molecule has 0 spiro atoms. The van der Waals surface area contributed by atoms with E-state index in [4.69, 9.17) is 10.5 Å². The molecule has 0 saturated carbocycles. The Labute approximate surface area is 159 Å². The summed E-state index contributed by atoms with van der Waals surface area (Å²) in [6.45, 7) is 3.91. The molecule has 0 amide bonds. The molecule has 3 atom stereocenters. The van der Waals surface area contributed by atoms with E-state index in [1.165, 1.54) is 0 Å². The highest BCUT2D eigenvalue weighted by Crippen LogP contribution is 2.56. The monoisotopic (exact) mass is 361 g/mol. The molecular formula is C22H23N3O2. The molecule has 27 heavy (non-hydrogen) atoms. The molecule has 1 aromatic carbocycles. The Morgan fingerprint density at radius 2 is 2.04 bits per heavy atom. The van der Waals surface area contributed by atoms with Gasteiger partial charge in [-0.25, -0.2) is 4.79 Å². The lowest BCUT2D eigenvalue weighted by Crippen LogP contribution is -2.47. The molecule has 0 aliphatic heterocycles. The molecule has 0 radical (unpaired) electrons. The highest BCUT2D eigenvalue weighted by molar-refractivity contribution is 5.88. The van der Waals surface area contributed by atoms with E-state index in [0.29, 0.717) is 0 Å². The van der Waals surface area contributed by atoms with E-state index in [1.54, 1.807) is 6.92 Å². The van der Waals surface area contributed by atoms with Crippen LogP contribution in [0.2, 0.25) is 0 Å². The predicted octanol–water partition coefficient (Wildman–Crippen LogP) is 3.71. The van der Waals surface area contributed by atoms with Crippen LogP contribution < -0.4 is 5.73 Å². The van der Waals surface area contributed by atoms with Crippen LogP contribution in [0.5, 0.6) is 0 Å². The van der Waals surface area contributed by atoms with Crippen molar-refractivity contribution in [2.24, 2.45) is 17.1 Å². The molecule has 5 nitrogen and oxygen atoms in total. The van der Waals surface area contributed by atoms with Crippen LogP contribution in [0.3, 0.4) is 0 Å². The molecule has 2 aliphatic rings. The molecule has 0 heterocycles. The normalized spacial score (nSPS) is 27.4. The maximum atomic E-state index is 13.1. The van der Waals surface area contributed by atoms with Crippen molar-refractivity contribution in [2.75, 3.05) is 6.61 Å². The minimum atomic E-state index is -1.72. The van der Waals surface area contributed by atoms with Gasteiger partial charge in [0.05, 0.1) is 23.9 Å². The molecular weight excluding hydrogens is 338 g/mol. The maximum absolute atomic E-state index is 13.1. The average molecular weight is 361 g/mol. The molecule has 2 aliphatic carbocycles. The van der Waals surface area contributed by atoms with Gasteiger partial charge in [-0.15, -0.1) is 0 Å². The lowest BCUT2D eigenvalue weighted by Gasteiger charge is -2.43. The number of benzene rings is 1. The summed E-state index contributed by atoms with van der Waals surface area (Å²) >= 11 is 0. The van der Waals surface area contributed by atoms with Crippen LogP contribution in [-0.4, -0.2) is 12.6 Å². The fourth-order valence-electron chi connectivity index (χ4n) is 4.52. The van der Waals surface area contributed by atoms with Gasteiger partial charge in [0.1, 0.15) is 6.07 Å². The summed E-state index contributed by atoms with van der Waals surface area (Å²) in [6, 6.07) is 13.8. The topological polar surface area (TPSA) is 99.9 Å². The van der Waals surface area contributed by atoms with Gasteiger partial charge in [0, 0.05) is 5.92 Å². The number of nitriles is 2. The van der Waals surface area contributed by atoms with E-state index in [9.17, 15) is 15.3 Å². The number of hydrogen-bond acceptors (Lipinski definition) is 5. The smallest absolute Gasteiger partial charge is 0.333 e. The third-order valence-corrected chi connectivity index (χ3v) is 5.69. The molecule has 1 aromatic rings. The van der Waals surface area contributed by atoms with Crippen molar-refractivity contribution in [1.29, 1.82) is 10.5 Å². The Morgan fingerprint density at radius 3 is 2.63 bits per heavy atom. The summed E-state index contributed by atoms with van der Waals surface area (Å²) in [5.74, 6) is -1.07. The zero-order valence-corrected chi connectivity index (χ0v) is 15.7. The lowest BCUT2D eigenvalue weighted by molar-refractivity contribution is -0.151. The molecule has 2 N–H and O–H groups in total. The molecule has 3 rings (SSSR count).